The number of fused-ring (bicyclic) bond motifs is 1. The Bertz CT molecular complexity index is 319. The van der Waals surface area contributed by atoms with Gasteiger partial charge in [0.15, 0.2) is 0 Å². The maximum atomic E-state index is 5.87. The Morgan fingerprint density at radius 2 is 2.25 bits per heavy atom. The first-order chi connectivity index (χ1) is 7.93. The van der Waals surface area contributed by atoms with E-state index in [2.05, 4.69) is 17.1 Å². The second-order valence-corrected chi connectivity index (χ2v) is 5.14. The van der Waals surface area contributed by atoms with Gasteiger partial charge in [-0.05, 0) is 44.1 Å². The molecule has 16 heavy (non-hydrogen) atoms. The molecular weight excluding hydrogens is 198 g/mol. The van der Waals surface area contributed by atoms with Crippen LogP contribution in [0.2, 0.25) is 0 Å². The van der Waals surface area contributed by atoms with E-state index in [-0.39, 0.29) is 0 Å². The minimum Gasteiger partial charge on any atom is -0.375 e. The van der Waals surface area contributed by atoms with Crippen LogP contribution < -0.4 is 0 Å². The molecule has 0 unspecified atom stereocenters. The molecule has 2 aliphatic heterocycles. The van der Waals surface area contributed by atoms with Gasteiger partial charge in [-0.2, -0.15) is 0 Å². The Morgan fingerprint density at radius 1 is 1.25 bits per heavy atom. The number of rotatable bonds is 4. The van der Waals surface area contributed by atoms with Crippen molar-refractivity contribution >= 4 is 0 Å². The van der Waals surface area contributed by atoms with E-state index in [0.717, 1.165) is 13.2 Å². The van der Waals surface area contributed by atoms with E-state index >= 15 is 0 Å². The molecule has 0 aromatic heterocycles. The van der Waals surface area contributed by atoms with Gasteiger partial charge in [0.05, 0.1) is 19.3 Å². The summed E-state index contributed by atoms with van der Waals surface area (Å²) in [7, 11) is 0. The first-order valence-electron chi connectivity index (χ1n) is 6.65. The van der Waals surface area contributed by atoms with Gasteiger partial charge in [0.1, 0.15) is 0 Å². The maximum absolute atomic E-state index is 5.87. The lowest BCUT2D eigenvalue weighted by molar-refractivity contribution is 0.101. The highest BCUT2D eigenvalue weighted by molar-refractivity contribution is 5.14. The van der Waals surface area contributed by atoms with Crippen LogP contribution in [0.5, 0.6) is 0 Å². The smallest absolute Gasteiger partial charge is 0.0677 e. The largest absolute Gasteiger partial charge is 0.375 e. The summed E-state index contributed by atoms with van der Waals surface area (Å²) in [5, 5.41) is 0. The van der Waals surface area contributed by atoms with Crippen LogP contribution in [-0.2, 0) is 4.74 Å². The number of allylic oxidation sites excluding steroid dienone is 2. The van der Waals surface area contributed by atoms with Crippen molar-refractivity contribution in [2.24, 2.45) is 0 Å². The molecule has 1 saturated heterocycles. The van der Waals surface area contributed by atoms with E-state index in [9.17, 15) is 0 Å². The molecule has 0 bridgehead atoms. The zero-order valence-corrected chi connectivity index (χ0v) is 9.95. The highest BCUT2D eigenvalue weighted by atomic mass is 16.5. The van der Waals surface area contributed by atoms with Crippen molar-refractivity contribution < 1.29 is 4.74 Å². The summed E-state index contributed by atoms with van der Waals surface area (Å²) in [5.41, 5.74) is 3.10. The van der Waals surface area contributed by atoms with Crippen molar-refractivity contribution in [2.75, 3.05) is 19.8 Å². The monoisotopic (exact) mass is 219 g/mol. The van der Waals surface area contributed by atoms with Gasteiger partial charge >= 0.3 is 0 Å². The van der Waals surface area contributed by atoms with Gasteiger partial charge in [-0.3, -0.25) is 0 Å². The highest BCUT2D eigenvalue weighted by Crippen LogP contribution is 2.32. The first kappa shape index (κ1) is 10.4. The number of hydrogen-bond donors (Lipinski definition) is 0. The molecule has 1 atom stereocenters. The molecule has 0 saturated carbocycles. The number of ether oxygens (including phenoxy) is 1. The summed E-state index contributed by atoms with van der Waals surface area (Å²) >= 11 is 0. The summed E-state index contributed by atoms with van der Waals surface area (Å²) in [6.07, 6.45) is 12.4. The highest BCUT2D eigenvalue weighted by Gasteiger charge is 2.30. The van der Waals surface area contributed by atoms with Gasteiger partial charge in [-0.25, -0.2) is 0 Å². The van der Waals surface area contributed by atoms with Crippen LogP contribution in [0.3, 0.4) is 0 Å². The third-order valence-corrected chi connectivity index (χ3v) is 4.03. The van der Waals surface area contributed by atoms with E-state index in [1.807, 2.05) is 0 Å². The Balaban J connectivity index is 1.44. The molecule has 0 aromatic rings. The molecule has 88 valence electrons. The quantitative estimate of drug-likeness (QED) is 0.674. The molecule has 0 aromatic carbocycles. The van der Waals surface area contributed by atoms with Crippen molar-refractivity contribution in [3.05, 3.63) is 23.4 Å². The normalized spacial score (nSPS) is 28.2. The molecular formula is C14H21NO. The molecule has 0 amide bonds. The van der Waals surface area contributed by atoms with Crippen molar-refractivity contribution in [3.63, 3.8) is 0 Å². The summed E-state index contributed by atoms with van der Waals surface area (Å²) in [4.78, 5) is 2.56. The summed E-state index contributed by atoms with van der Waals surface area (Å²) in [6.45, 7) is 3.03. The molecule has 2 heteroatoms. The van der Waals surface area contributed by atoms with Crippen LogP contribution in [0.15, 0.2) is 23.4 Å². The SMILES string of the molecule is C1=C(COC[C@@H]2CCC3=CCCN32)CCC1. The van der Waals surface area contributed by atoms with Crippen molar-refractivity contribution in [2.45, 2.75) is 44.6 Å². The predicted molar refractivity (Wildman–Crippen MR) is 65.2 cm³/mol. The Labute approximate surface area is 98.0 Å². The predicted octanol–water partition coefficient (Wildman–Crippen LogP) is 2.87. The molecule has 3 rings (SSSR count). The molecule has 3 aliphatic rings. The van der Waals surface area contributed by atoms with E-state index in [4.69, 9.17) is 4.74 Å². The molecule has 1 fully saturated rings. The lowest BCUT2D eigenvalue weighted by Gasteiger charge is -2.23. The second-order valence-electron chi connectivity index (χ2n) is 5.14. The van der Waals surface area contributed by atoms with Gasteiger partial charge in [-0.1, -0.05) is 12.2 Å². The summed E-state index contributed by atoms with van der Waals surface area (Å²) < 4.78 is 5.87. The zero-order chi connectivity index (χ0) is 10.8. The summed E-state index contributed by atoms with van der Waals surface area (Å²) in [6, 6.07) is 0.663. The van der Waals surface area contributed by atoms with E-state index in [1.54, 1.807) is 5.70 Å². The fourth-order valence-corrected chi connectivity index (χ4v) is 3.13. The Morgan fingerprint density at radius 3 is 3.12 bits per heavy atom. The lowest BCUT2D eigenvalue weighted by Crippen LogP contribution is -2.30. The van der Waals surface area contributed by atoms with Gasteiger partial charge < -0.3 is 9.64 Å². The molecule has 0 spiro atoms. The third kappa shape index (κ3) is 2.03. The van der Waals surface area contributed by atoms with Gasteiger partial charge in [0.2, 0.25) is 0 Å². The van der Waals surface area contributed by atoms with Crippen LogP contribution in [0.25, 0.3) is 0 Å². The van der Waals surface area contributed by atoms with Crippen molar-refractivity contribution in [1.29, 1.82) is 0 Å². The van der Waals surface area contributed by atoms with Crippen LogP contribution in [0.1, 0.15) is 38.5 Å². The molecule has 0 radical (unpaired) electrons. The van der Waals surface area contributed by atoms with Crippen LogP contribution >= 0.6 is 0 Å². The summed E-state index contributed by atoms with van der Waals surface area (Å²) in [5.74, 6) is 0. The maximum Gasteiger partial charge on any atom is 0.0677 e. The topological polar surface area (TPSA) is 12.5 Å². The number of hydrogen-bond acceptors (Lipinski definition) is 2. The minimum atomic E-state index is 0.663. The van der Waals surface area contributed by atoms with Gasteiger partial charge in [0, 0.05) is 12.2 Å². The van der Waals surface area contributed by atoms with Gasteiger partial charge in [-0.15, -0.1) is 0 Å². The van der Waals surface area contributed by atoms with Crippen LogP contribution in [0, 0.1) is 0 Å². The molecule has 1 aliphatic carbocycles. The first-order valence-corrected chi connectivity index (χ1v) is 6.65. The molecule has 2 heterocycles. The lowest BCUT2D eigenvalue weighted by atomic mass is 10.2. The van der Waals surface area contributed by atoms with Crippen molar-refractivity contribution in [1.82, 2.24) is 4.90 Å². The fraction of sp³-hybridized carbons (Fsp3) is 0.714. The molecule has 2 nitrogen and oxygen atoms in total. The third-order valence-electron chi connectivity index (χ3n) is 4.03. The second kappa shape index (κ2) is 4.62. The molecule has 0 N–H and O–H groups in total. The average Bonchev–Trinajstić information content (AvgIpc) is 2.95. The van der Waals surface area contributed by atoms with Crippen LogP contribution in [0.4, 0.5) is 0 Å². The van der Waals surface area contributed by atoms with E-state index in [1.165, 1.54) is 50.6 Å². The van der Waals surface area contributed by atoms with E-state index < -0.39 is 0 Å². The average molecular weight is 219 g/mol. The minimum absolute atomic E-state index is 0.663. The van der Waals surface area contributed by atoms with E-state index in [0.29, 0.717) is 6.04 Å². The van der Waals surface area contributed by atoms with Gasteiger partial charge in [0.25, 0.3) is 0 Å². The Hall–Kier alpha value is -0.760. The number of nitrogens with zero attached hydrogens (tertiary/aromatic N) is 1. The fourth-order valence-electron chi connectivity index (χ4n) is 3.13. The zero-order valence-electron chi connectivity index (χ0n) is 9.95. The standard InChI is InChI=1S/C14H21NO/c1-2-5-12(4-1)10-16-11-14-8-7-13-6-3-9-15(13)14/h4,6,14H,1-3,5,7-11H2/t14-/m0/s1. The van der Waals surface area contributed by atoms with Crippen molar-refractivity contribution in [3.8, 4) is 0 Å². The van der Waals surface area contributed by atoms with Crippen LogP contribution in [-0.4, -0.2) is 30.7 Å². The Kier molecular flexibility index (Phi) is 3.00.